The molecule has 0 saturated carbocycles. The van der Waals surface area contributed by atoms with Crippen molar-refractivity contribution in [3.63, 3.8) is 0 Å². The van der Waals surface area contributed by atoms with Gasteiger partial charge in [0.25, 0.3) is 0 Å². The second-order valence-electron chi connectivity index (χ2n) is 2.18. The van der Waals surface area contributed by atoms with E-state index >= 15 is 0 Å². The number of hydrogen-bond donors (Lipinski definition) is 0. The molecule has 0 aliphatic rings. The minimum atomic E-state index is 0.533. The van der Waals surface area contributed by atoms with Crippen molar-refractivity contribution in [2.24, 2.45) is 0 Å². The van der Waals surface area contributed by atoms with E-state index in [1.165, 1.54) is 6.39 Å². The summed E-state index contributed by atoms with van der Waals surface area (Å²) in [7, 11) is 0. The van der Waals surface area contributed by atoms with Gasteiger partial charge in [0.05, 0.1) is 0 Å². The molecule has 12 heavy (non-hydrogen) atoms. The zero-order valence-electron chi connectivity index (χ0n) is 5.99. The van der Waals surface area contributed by atoms with Crippen molar-refractivity contribution in [1.82, 2.24) is 10.1 Å². The molecular formula is C8H4ClN2O. The first-order valence-electron chi connectivity index (χ1n) is 3.30. The van der Waals surface area contributed by atoms with Gasteiger partial charge in [-0.2, -0.15) is 4.98 Å². The van der Waals surface area contributed by atoms with Crippen molar-refractivity contribution in [3.05, 3.63) is 35.7 Å². The Morgan fingerprint density at radius 2 is 2.42 bits per heavy atom. The molecule has 1 aromatic carbocycles. The highest BCUT2D eigenvalue weighted by molar-refractivity contribution is 6.30. The number of halogens is 1. The predicted octanol–water partition coefficient (Wildman–Crippen LogP) is 2.19. The Hall–Kier alpha value is -1.35. The Kier molecular flexibility index (Phi) is 1.80. The first-order chi connectivity index (χ1) is 5.86. The molecule has 1 radical (unpaired) electrons. The predicted molar refractivity (Wildman–Crippen MR) is 43.6 cm³/mol. The standard InChI is InChI=1S/C8H4ClN2O/c9-7-3-1-2-6(4-7)8-10-5-12-11-8/h1-2,4-5H. The molecule has 0 atom stereocenters. The van der Waals surface area contributed by atoms with Crippen molar-refractivity contribution < 1.29 is 4.52 Å². The molecule has 0 saturated heterocycles. The molecule has 0 fully saturated rings. The number of nitrogens with zero attached hydrogens (tertiary/aromatic N) is 2. The van der Waals surface area contributed by atoms with Crippen LogP contribution < -0.4 is 0 Å². The molecule has 4 heteroatoms. The summed E-state index contributed by atoms with van der Waals surface area (Å²) >= 11 is 5.72. The van der Waals surface area contributed by atoms with Crippen molar-refractivity contribution in [3.8, 4) is 11.4 Å². The lowest BCUT2D eigenvalue weighted by molar-refractivity contribution is 0.419. The van der Waals surface area contributed by atoms with Gasteiger partial charge in [0.1, 0.15) is 0 Å². The van der Waals surface area contributed by atoms with Gasteiger partial charge in [0.15, 0.2) is 0 Å². The highest BCUT2D eigenvalue weighted by Crippen LogP contribution is 2.17. The summed E-state index contributed by atoms with van der Waals surface area (Å²) in [6, 6.07) is 8.07. The third-order valence-electron chi connectivity index (χ3n) is 1.39. The zero-order valence-corrected chi connectivity index (χ0v) is 6.75. The molecule has 0 amide bonds. The van der Waals surface area contributed by atoms with Crippen LogP contribution in [0.15, 0.2) is 29.1 Å². The zero-order chi connectivity index (χ0) is 8.39. The molecule has 0 unspecified atom stereocenters. The maximum atomic E-state index is 5.72. The van der Waals surface area contributed by atoms with Crippen LogP contribution in [0.1, 0.15) is 0 Å². The van der Waals surface area contributed by atoms with E-state index in [1.807, 2.05) is 6.07 Å². The second-order valence-corrected chi connectivity index (χ2v) is 2.59. The van der Waals surface area contributed by atoms with E-state index in [9.17, 15) is 0 Å². The van der Waals surface area contributed by atoms with Gasteiger partial charge in [-0.3, -0.25) is 0 Å². The normalized spacial score (nSPS) is 10.1. The van der Waals surface area contributed by atoms with Gasteiger partial charge in [-0.15, -0.1) is 0 Å². The van der Waals surface area contributed by atoms with E-state index in [-0.39, 0.29) is 0 Å². The molecule has 0 spiro atoms. The monoisotopic (exact) mass is 179 g/mol. The Bertz CT molecular complexity index is 372. The van der Waals surface area contributed by atoms with Gasteiger partial charge in [-0.05, 0) is 6.07 Å². The van der Waals surface area contributed by atoms with Gasteiger partial charge in [-0.1, -0.05) is 28.9 Å². The van der Waals surface area contributed by atoms with Crippen molar-refractivity contribution in [2.75, 3.05) is 0 Å². The van der Waals surface area contributed by atoms with Crippen LogP contribution in [0.4, 0.5) is 0 Å². The molecule has 1 aromatic heterocycles. The summed E-state index contributed by atoms with van der Waals surface area (Å²) < 4.78 is 4.59. The van der Waals surface area contributed by atoms with Gasteiger partial charge in [-0.25, -0.2) is 0 Å². The maximum absolute atomic E-state index is 5.72. The summed E-state index contributed by atoms with van der Waals surface area (Å²) in [6.07, 6.45) is 1.28. The van der Waals surface area contributed by atoms with Gasteiger partial charge in [0.2, 0.25) is 12.2 Å². The Balaban J connectivity index is 2.48. The topological polar surface area (TPSA) is 38.9 Å². The van der Waals surface area contributed by atoms with Crippen LogP contribution >= 0.6 is 11.6 Å². The molecule has 2 rings (SSSR count). The first-order valence-corrected chi connectivity index (χ1v) is 3.68. The van der Waals surface area contributed by atoms with E-state index in [2.05, 4.69) is 20.7 Å². The van der Waals surface area contributed by atoms with Crippen LogP contribution in [0, 0.1) is 6.07 Å². The summed E-state index contributed by atoms with van der Waals surface area (Å²) in [5.74, 6) is 0.533. The van der Waals surface area contributed by atoms with E-state index in [0.29, 0.717) is 10.8 Å². The van der Waals surface area contributed by atoms with E-state index < -0.39 is 0 Å². The van der Waals surface area contributed by atoms with Gasteiger partial charge >= 0.3 is 0 Å². The van der Waals surface area contributed by atoms with Crippen molar-refractivity contribution in [1.29, 1.82) is 0 Å². The highest BCUT2D eigenvalue weighted by atomic mass is 35.5. The van der Waals surface area contributed by atoms with Crippen LogP contribution in [-0.2, 0) is 0 Å². The van der Waals surface area contributed by atoms with E-state index in [4.69, 9.17) is 11.6 Å². The Labute approximate surface area is 74.0 Å². The van der Waals surface area contributed by atoms with E-state index in [0.717, 1.165) is 5.56 Å². The lowest BCUT2D eigenvalue weighted by atomic mass is 10.2. The molecule has 0 aliphatic carbocycles. The van der Waals surface area contributed by atoms with Gasteiger partial charge in [0, 0.05) is 16.7 Å². The SMILES string of the molecule is Clc1[c]ccc(-c2ncon2)c1. The van der Waals surface area contributed by atoms with E-state index in [1.54, 1.807) is 12.1 Å². The fraction of sp³-hybridized carbons (Fsp3) is 0. The van der Waals surface area contributed by atoms with Crippen LogP contribution in [0.5, 0.6) is 0 Å². The van der Waals surface area contributed by atoms with Crippen LogP contribution in [0.2, 0.25) is 5.02 Å². The summed E-state index contributed by atoms with van der Waals surface area (Å²) in [5, 5.41) is 4.21. The van der Waals surface area contributed by atoms with Crippen LogP contribution in [-0.4, -0.2) is 10.1 Å². The maximum Gasteiger partial charge on any atom is 0.214 e. The smallest absolute Gasteiger partial charge is 0.214 e. The minimum Gasteiger partial charge on any atom is -0.342 e. The van der Waals surface area contributed by atoms with Crippen LogP contribution in [0.3, 0.4) is 0 Å². The lowest BCUT2D eigenvalue weighted by Gasteiger charge is -1.92. The fourth-order valence-corrected chi connectivity index (χ4v) is 1.05. The minimum absolute atomic E-state index is 0.533. The summed E-state index contributed by atoms with van der Waals surface area (Å²) in [4.78, 5) is 3.88. The molecule has 0 N–H and O–H groups in total. The van der Waals surface area contributed by atoms with Crippen molar-refractivity contribution in [2.45, 2.75) is 0 Å². The molecule has 1 heterocycles. The van der Waals surface area contributed by atoms with Gasteiger partial charge < -0.3 is 4.52 Å². The second kappa shape index (κ2) is 2.95. The highest BCUT2D eigenvalue weighted by Gasteiger charge is 2.01. The molecule has 0 aliphatic heterocycles. The number of benzene rings is 1. The third kappa shape index (κ3) is 1.31. The first kappa shape index (κ1) is 7.31. The molecule has 2 aromatic rings. The number of rotatable bonds is 1. The molecule has 0 bridgehead atoms. The summed E-state index contributed by atoms with van der Waals surface area (Å²) in [5.41, 5.74) is 0.826. The van der Waals surface area contributed by atoms with Crippen LogP contribution in [0.25, 0.3) is 11.4 Å². The Morgan fingerprint density at radius 1 is 1.50 bits per heavy atom. The molecule has 59 valence electrons. The fourth-order valence-electron chi connectivity index (χ4n) is 0.874. The average molecular weight is 180 g/mol. The summed E-state index contributed by atoms with van der Waals surface area (Å²) in [6.45, 7) is 0. The quantitative estimate of drug-likeness (QED) is 0.674. The number of hydrogen-bond acceptors (Lipinski definition) is 3. The average Bonchev–Trinajstić information content (AvgIpc) is 2.56. The molecular weight excluding hydrogens is 176 g/mol. The third-order valence-corrected chi connectivity index (χ3v) is 1.60. The largest absolute Gasteiger partial charge is 0.342 e. The Morgan fingerprint density at radius 3 is 3.08 bits per heavy atom. The number of aromatic nitrogens is 2. The lowest BCUT2D eigenvalue weighted by Crippen LogP contribution is -1.78. The van der Waals surface area contributed by atoms with Crippen molar-refractivity contribution >= 4 is 11.6 Å². The molecule has 3 nitrogen and oxygen atoms in total.